The lowest BCUT2D eigenvalue weighted by Crippen LogP contribution is -2.25. The van der Waals surface area contributed by atoms with Crippen molar-refractivity contribution in [2.45, 2.75) is 32.7 Å². The first kappa shape index (κ1) is 23.0. The Morgan fingerprint density at radius 1 is 1.19 bits per heavy atom. The highest BCUT2D eigenvalue weighted by molar-refractivity contribution is 6.32. The van der Waals surface area contributed by atoms with Gasteiger partial charge in [0.05, 0.1) is 10.7 Å². The molecule has 31 heavy (non-hydrogen) atoms. The van der Waals surface area contributed by atoms with E-state index in [0.29, 0.717) is 23.0 Å². The SMILES string of the molecule is Cc1c(Cl)c(C(F)(F)F)nn1CCCNC(=O)c1ccc(COc2ccc(Cl)cc2)o1. The minimum Gasteiger partial charge on any atom is -0.486 e. The fraction of sp³-hybridized carbons (Fsp3) is 0.300. The molecule has 11 heteroatoms. The van der Waals surface area contributed by atoms with Crippen molar-refractivity contribution in [1.29, 1.82) is 0 Å². The quantitative estimate of drug-likeness (QED) is 0.436. The molecule has 0 spiro atoms. The van der Waals surface area contributed by atoms with Gasteiger partial charge in [0, 0.05) is 18.1 Å². The molecule has 2 heterocycles. The second kappa shape index (κ2) is 9.65. The highest BCUT2D eigenvalue weighted by Crippen LogP contribution is 2.35. The Hall–Kier alpha value is -2.65. The molecular weight excluding hydrogens is 458 g/mol. The molecule has 6 nitrogen and oxygen atoms in total. The van der Waals surface area contributed by atoms with Gasteiger partial charge < -0.3 is 14.5 Å². The lowest BCUT2D eigenvalue weighted by molar-refractivity contribution is -0.141. The molecule has 3 aromatic rings. The third kappa shape index (κ3) is 5.95. The highest BCUT2D eigenvalue weighted by atomic mass is 35.5. The summed E-state index contributed by atoms with van der Waals surface area (Å²) in [5.74, 6) is 0.729. The number of aryl methyl sites for hydroxylation is 1. The van der Waals surface area contributed by atoms with Gasteiger partial charge in [-0.25, -0.2) is 0 Å². The third-order valence-electron chi connectivity index (χ3n) is 4.31. The van der Waals surface area contributed by atoms with Crippen molar-refractivity contribution < 1.29 is 27.1 Å². The van der Waals surface area contributed by atoms with Gasteiger partial charge >= 0.3 is 6.18 Å². The van der Waals surface area contributed by atoms with Crippen molar-refractivity contribution in [3.63, 3.8) is 0 Å². The summed E-state index contributed by atoms with van der Waals surface area (Å²) in [6, 6.07) is 9.96. The van der Waals surface area contributed by atoms with Gasteiger partial charge in [0.15, 0.2) is 11.5 Å². The van der Waals surface area contributed by atoms with Gasteiger partial charge in [-0.05, 0) is 49.7 Å². The molecule has 0 aliphatic heterocycles. The molecule has 1 N–H and O–H groups in total. The average molecular weight is 476 g/mol. The number of furan rings is 1. The number of rotatable bonds is 8. The molecule has 0 fully saturated rings. The van der Waals surface area contributed by atoms with Crippen LogP contribution in [0.2, 0.25) is 10.0 Å². The van der Waals surface area contributed by atoms with Gasteiger partial charge in [0.1, 0.15) is 18.1 Å². The number of nitrogens with zero attached hydrogens (tertiary/aromatic N) is 2. The lowest BCUT2D eigenvalue weighted by Gasteiger charge is -2.06. The van der Waals surface area contributed by atoms with E-state index >= 15 is 0 Å². The summed E-state index contributed by atoms with van der Waals surface area (Å²) in [5.41, 5.74) is -0.892. The minimum atomic E-state index is -4.62. The van der Waals surface area contributed by atoms with Crippen LogP contribution in [0.3, 0.4) is 0 Å². The Labute approximate surface area is 185 Å². The van der Waals surface area contributed by atoms with Gasteiger partial charge in [-0.3, -0.25) is 9.48 Å². The molecular formula is C20H18Cl2F3N3O3. The molecule has 0 unspecified atom stereocenters. The Morgan fingerprint density at radius 2 is 1.90 bits per heavy atom. The van der Waals surface area contributed by atoms with Crippen LogP contribution in [-0.4, -0.2) is 22.2 Å². The van der Waals surface area contributed by atoms with Gasteiger partial charge in [0.2, 0.25) is 0 Å². The van der Waals surface area contributed by atoms with Crippen LogP contribution in [-0.2, 0) is 19.3 Å². The number of halogens is 5. The largest absolute Gasteiger partial charge is 0.486 e. The number of aromatic nitrogens is 2. The normalized spacial score (nSPS) is 11.5. The molecule has 0 saturated heterocycles. The van der Waals surface area contributed by atoms with Crippen molar-refractivity contribution in [2.24, 2.45) is 0 Å². The number of hydrogen-bond acceptors (Lipinski definition) is 4. The molecule has 0 bridgehead atoms. The summed E-state index contributed by atoms with van der Waals surface area (Å²) in [4.78, 5) is 12.2. The molecule has 2 aromatic heterocycles. The predicted molar refractivity (Wildman–Crippen MR) is 108 cm³/mol. The second-order valence-electron chi connectivity index (χ2n) is 6.59. The monoisotopic (exact) mass is 475 g/mol. The van der Waals surface area contributed by atoms with E-state index in [2.05, 4.69) is 10.4 Å². The summed E-state index contributed by atoms with van der Waals surface area (Å²) in [6.45, 7) is 1.98. The maximum absolute atomic E-state index is 12.9. The molecule has 0 saturated carbocycles. The number of carbonyl (C=O) groups excluding carboxylic acids is 1. The molecule has 0 radical (unpaired) electrons. The van der Waals surface area contributed by atoms with Gasteiger partial charge in [-0.2, -0.15) is 18.3 Å². The number of amides is 1. The Kier molecular flexibility index (Phi) is 7.17. The van der Waals surface area contributed by atoms with E-state index in [1.165, 1.54) is 17.7 Å². The molecule has 0 atom stereocenters. The summed E-state index contributed by atoms with van der Waals surface area (Å²) >= 11 is 11.5. The standard InChI is InChI=1S/C20H18Cl2F3N3O3/c1-12-17(22)18(20(23,24)25)27-28(12)10-2-9-26-19(29)16-8-7-15(31-16)11-30-14-5-3-13(21)4-6-14/h3-8H,2,9-11H2,1H3,(H,26,29). The van der Waals surface area contributed by atoms with E-state index in [4.69, 9.17) is 32.4 Å². The first-order valence-corrected chi connectivity index (χ1v) is 9.96. The van der Waals surface area contributed by atoms with E-state index in [1.54, 1.807) is 30.3 Å². The Morgan fingerprint density at radius 3 is 2.55 bits per heavy atom. The number of nitrogens with one attached hydrogen (secondary N) is 1. The maximum atomic E-state index is 12.9. The van der Waals surface area contributed by atoms with Crippen molar-refractivity contribution in [2.75, 3.05) is 6.54 Å². The molecule has 0 aliphatic carbocycles. The highest BCUT2D eigenvalue weighted by Gasteiger charge is 2.38. The van der Waals surface area contributed by atoms with Crippen LogP contribution in [0.4, 0.5) is 13.2 Å². The number of carbonyl (C=O) groups is 1. The van der Waals surface area contributed by atoms with Crippen molar-refractivity contribution >= 4 is 29.1 Å². The molecule has 3 rings (SSSR count). The fourth-order valence-electron chi connectivity index (χ4n) is 2.70. The number of benzene rings is 1. The first-order valence-electron chi connectivity index (χ1n) is 9.20. The zero-order valence-electron chi connectivity index (χ0n) is 16.3. The van der Waals surface area contributed by atoms with Crippen LogP contribution >= 0.6 is 23.2 Å². The summed E-state index contributed by atoms with van der Waals surface area (Å²) in [5, 5.41) is 6.34. The first-order chi connectivity index (χ1) is 14.6. The van der Waals surface area contributed by atoms with Crippen LogP contribution in [0.15, 0.2) is 40.8 Å². The Balaban J connectivity index is 1.46. The van der Waals surface area contributed by atoms with E-state index in [1.807, 2.05) is 0 Å². The van der Waals surface area contributed by atoms with Crippen molar-refractivity contribution in [3.05, 3.63) is 69.4 Å². The zero-order chi connectivity index (χ0) is 22.6. The van der Waals surface area contributed by atoms with Crippen LogP contribution in [0.5, 0.6) is 5.75 Å². The van der Waals surface area contributed by atoms with E-state index in [0.717, 1.165) is 0 Å². The zero-order valence-corrected chi connectivity index (χ0v) is 17.8. The summed E-state index contributed by atoms with van der Waals surface area (Å²) < 4.78 is 50.7. The predicted octanol–water partition coefficient (Wildman–Crippen LogP) is 5.51. The molecule has 1 amide bonds. The maximum Gasteiger partial charge on any atom is 0.436 e. The van der Waals surface area contributed by atoms with Gasteiger partial charge in [-0.15, -0.1) is 0 Å². The van der Waals surface area contributed by atoms with Crippen LogP contribution in [0.25, 0.3) is 0 Å². The molecule has 0 aliphatic rings. The summed E-state index contributed by atoms with van der Waals surface area (Å²) in [6.07, 6.45) is -4.26. The number of hydrogen-bond donors (Lipinski definition) is 1. The lowest BCUT2D eigenvalue weighted by atomic mass is 10.3. The van der Waals surface area contributed by atoms with E-state index in [9.17, 15) is 18.0 Å². The molecule has 166 valence electrons. The topological polar surface area (TPSA) is 69.3 Å². The summed E-state index contributed by atoms with van der Waals surface area (Å²) in [7, 11) is 0. The number of ether oxygens (including phenoxy) is 1. The van der Waals surface area contributed by atoms with Crippen LogP contribution in [0, 0.1) is 6.92 Å². The van der Waals surface area contributed by atoms with Crippen LogP contribution < -0.4 is 10.1 Å². The average Bonchev–Trinajstić information content (AvgIpc) is 3.30. The van der Waals surface area contributed by atoms with E-state index in [-0.39, 0.29) is 31.2 Å². The fourth-order valence-corrected chi connectivity index (χ4v) is 3.07. The second-order valence-corrected chi connectivity index (χ2v) is 7.40. The Bertz CT molecular complexity index is 1050. The third-order valence-corrected chi connectivity index (χ3v) is 5.02. The van der Waals surface area contributed by atoms with E-state index < -0.39 is 22.8 Å². The number of alkyl halides is 3. The van der Waals surface area contributed by atoms with Crippen LogP contribution in [0.1, 0.15) is 34.1 Å². The van der Waals surface area contributed by atoms with Crippen molar-refractivity contribution in [3.8, 4) is 5.75 Å². The van der Waals surface area contributed by atoms with Gasteiger partial charge in [0.25, 0.3) is 5.91 Å². The smallest absolute Gasteiger partial charge is 0.436 e. The molecule has 1 aromatic carbocycles. The van der Waals surface area contributed by atoms with Gasteiger partial charge in [-0.1, -0.05) is 23.2 Å². The van der Waals surface area contributed by atoms with Crippen molar-refractivity contribution in [1.82, 2.24) is 15.1 Å². The minimum absolute atomic E-state index is 0.104.